The lowest BCUT2D eigenvalue weighted by Crippen LogP contribution is -2.07. The molecule has 8 heteroatoms. The number of halogens is 1. The molecule has 2 aromatic heterocycles. The number of imidazole rings is 1. The summed E-state index contributed by atoms with van der Waals surface area (Å²) in [6.45, 7) is 3.81. The van der Waals surface area contributed by atoms with Gasteiger partial charge in [-0.05, 0) is 36.7 Å². The minimum Gasteiger partial charge on any atom is -0.494 e. The van der Waals surface area contributed by atoms with E-state index < -0.39 is 0 Å². The predicted octanol–water partition coefficient (Wildman–Crippen LogP) is 5.70. The average molecular weight is 459 g/mol. The molecule has 0 aliphatic heterocycles. The zero-order valence-corrected chi connectivity index (χ0v) is 18.9. The molecule has 1 unspecified atom stereocenters. The number of nitrogens with zero attached hydrogens (tertiary/aromatic N) is 4. The Bertz CT molecular complexity index is 1300. The van der Waals surface area contributed by atoms with Crippen LogP contribution >= 0.6 is 11.6 Å². The van der Waals surface area contributed by atoms with E-state index in [-0.39, 0.29) is 5.92 Å². The maximum absolute atomic E-state index is 5.97. The van der Waals surface area contributed by atoms with Gasteiger partial charge in [0.15, 0.2) is 0 Å². The molecule has 0 amide bonds. The molecule has 2 aromatic carbocycles. The monoisotopic (exact) mass is 458 g/mol. The molecule has 0 saturated carbocycles. The Balaban J connectivity index is 1.50. The average Bonchev–Trinajstić information content (AvgIpc) is 3.46. The number of ether oxygens (including phenoxy) is 1. The second-order valence-corrected chi connectivity index (χ2v) is 8.11. The smallest absolute Gasteiger partial charge is 0.229 e. The van der Waals surface area contributed by atoms with Gasteiger partial charge in [0.2, 0.25) is 5.95 Å². The van der Waals surface area contributed by atoms with Crippen molar-refractivity contribution in [2.75, 3.05) is 17.7 Å². The zero-order valence-electron chi connectivity index (χ0n) is 18.1. The lowest BCUT2D eigenvalue weighted by Gasteiger charge is -2.16. The van der Waals surface area contributed by atoms with Gasteiger partial charge in [0, 0.05) is 29.4 Å². The third kappa shape index (κ3) is 4.15. The molecule has 0 saturated heterocycles. The van der Waals surface area contributed by atoms with Crippen molar-refractivity contribution in [3.63, 3.8) is 0 Å². The SMILES string of the molecule is C=CNc1nc(Nc2ccc(-n3cnc(Cl)c3)c(OC)c2)nc2c1CCC2c1ccccc1. The van der Waals surface area contributed by atoms with Crippen molar-refractivity contribution in [3.8, 4) is 11.4 Å². The Morgan fingerprint density at radius 1 is 1.18 bits per heavy atom. The van der Waals surface area contributed by atoms with Crippen LogP contribution in [0.5, 0.6) is 5.75 Å². The van der Waals surface area contributed by atoms with Gasteiger partial charge in [0.25, 0.3) is 0 Å². The number of hydrogen-bond acceptors (Lipinski definition) is 6. The van der Waals surface area contributed by atoms with Gasteiger partial charge >= 0.3 is 0 Å². The number of hydrogen-bond donors (Lipinski definition) is 2. The Kier molecular flexibility index (Phi) is 5.71. The van der Waals surface area contributed by atoms with Gasteiger partial charge in [-0.2, -0.15) is 4.98 Å². The third-order valence-corrected chi connectivity index (χ3v) is 5.95. The van der Waals surface area contributed by atoms with Crippen molar-refractivity contribution in [2.24, 2.45) is 0 Å². The number of fused-ring (bicyclic) bond motifs is 1. The molecule has 2 heterocycles. The van der Waals surface area contributed by atoms with Crippen LogP contribution in [0.15, 0.2) is 73.8 Å². The molecule has 33 heavy (non-hydrogen) atoms. The second kappa shape index (κ2) is 8.96. The molecular formula is C25H23ClN6O. The normalized spacial score (nSPS) is 14.5. The third-order valence-electron chi connectivity index (χ3n) is 5.76. The summed E-state index contributed by atoms with van der Waals surface area (Å²) in [5, 5.41) is 6.94. The van der Waals surface area contributed by atoms with Gasteiger partial charge in [-0.25, -0.2) is 9.97 Å². The molecule has 1 atom stereocenters. The zero-order chi connectivity index (χ0) is 22.8. The fourth-order valence-electron chi connectivity index (χ4n) is 4.27. The number of aromatic nitrogens is 4. The highest BCUT2D eigenvalue weighted by atomic mass is 35.5. The molecule has 2 N–H and O–H groups in total. The second-order valence-electron chi connectivity index (χ2n) is 7.73. The van der Waals surface area contributed by atoms with Crippen molar-refractivity contribution in [1.29, 1.82) is 0 Å². The van der Waals surface area contributed by atoms with Crippen LogP contribution in [0.25, 0.3) is 5.69 Å². The highest BCUT2D eigenvalue weighted by molar-refractivity contribution is 6.29. The van der Waals surface area contributed by atoms with Crippen LogP contribution in [0, 0.1) is 0 Å². The number of anilines is 3. The van der Waals surface area contributed by atoms with Crippen LogP contribution in [-0.2, 0) is 6.42 Å². The molecule has 0 bridgehead atoms. The number of rotatable bonds is 7. The van der Waals surface area contributed by atoms with Gasteiger partial charge < -0.3 is 19.9 Å². The topological polar surface area (TPSA) is 76.9 Å². The predicted molar refractivity (Wildman–Crippen MR) is 131 cm³/mol. The van der Waals surface area contributed by atoms with Gasteiger partial charge in [-0.3, -0.25) is 0 Å². The molecular weight excluding hydrogens is 436 g/mol. The largest absolute Gasteiger partial charge is 0.494 e. The highest BCUT2D eigenvalue weighted by Crippen LogP contribution is 2.40. The first kappa shape index (κ1) is 21.0. The summed E-state index contributed by atoms with van der Waals surface area (Å²) in [5.41, 5.74) is 5.07. The fourth-order valence-corrected chi connectivity index (χ4v) is 4.42. The molecule has 7 nitrogen and oxygen atoms in total. The van der Waals surface area contributed by atoms with Crippen molar-refractivity contribution < 1.29 is 4.74 Å². The summed E-state index contributed by atoms with van der Waals surface area (Å²) in [6.07, 6.45) is 6.94. The Labute approximate surface area is 197 Å². The Morgan fingerprint density at radius 2 is 2.03 bits per heavy atom. The van der Waals surface area contributed by atoms with Crippen molar-refractivity contribution in [3.05, 3.63) is 95.8 Å². The molecule has 0 fully saturated rings. The first-order valence-electron chi connectivity index (χ1n) is 10.6. The van der Waals surface area contributed by atoms with E-state index in [4.69, 9.17) is 26.3 Å². The van der Waals surface area contributed by atoms with E-state index in [1.807, 2.05) is 28.8 Å². The Morgan fingerprint density at radius 3 is 2.76 bits per heavy atom. The van der Waals surface area contributed by atoms with E-state index in [2.05, 4.69) is 46.5 Å². The number of methoxy groups -OCH3 is 1. The maximum Gasteiger partial charge on any atom is 0.229 e. The van der Waals surface area contributed by atoms with Crippen molar-refractivity contribution >= 4 is 29.1 Å². The molecule has 5 rings (SSSR count). The van der Waals surface area contributed by atoms with Gasteiger partial charge in [-0.1, -0.05) is 48.5 Å². The number of nitrogens with one attached hydrogen (secondary N) is 2. The molecule has 0 spiro atoms. The minimum absolute atomic E-state index is 0.234. The maximum atomic E-state index is 5.97. The minimum atomic E-state index is 0.234. The summed E-state index contributed by atoms with van der Waals surface area (Å²) in [5.74, 6) is 2.20. The highest BCUT2D eigenvalue weighted by Gasteiger charge is 2.29. The van der Waals surface area contributed by atoms with Crippen LogP contribution < -0.4 is 15.4 Å². The van der Waals surface area contributed by atoms with Gasteiger partial charge in [0.1, 0.15) is 23.0 Å². The first-order chi connectivity index (χ1) is 16.2. The summed E-state index contributed by atoms with van der Waals surface area (Å²) < 4.78 is 7.41. The van der Waals surface area contributed by atoms with E-state index >= 15 is 0 Å². The van der Waals surface area contributed by atoms with E-state index in [9.17, 15) is 0 Å². The van der Waals surface area contributed by atoms with Crippen molar-refractivity contribution in [2.45, 2.75) is 18.8 Å². The Hall–Kier alpha value is -3.84. The standard InChI is InChI=1S/C25H23ClN6O/c1-3-27-24-19-11-10-18(16-7-5-4-6-8-16)23(19)30-25(31-24)29-17-9-12-20(21(13-17)33-2)32-14-22(26)28-15-32/h3-9,12-15,18H,1,10-11H2,2H3,(H2,27,29,30,31). The molecule has 1 aliphatic rings. The van der Waals surface area contributed by atoms with E-state index in [0.29, 0.717) is 16.9 Å². The van der Waals surface area contributed by atoms with E-state index in [1.165, 1.54) is 5.56 Å². The van der Waals surface area contributed by atoms with E-state index in [0.717, 1.165) is 41.3 Å². The van der Waals surface area contributed by atoms with Crippen molar-refractivity contribution in [1.82, 2.24) is 19.5 Å². The lowest BCUT2D eigenvalue weighted by atomic mass is 9.97. The van der Waals surface area contributed by atoms with Crippen LogP contribution in [0.1, 0.15) is 29.2 Å². The summed E-state index contributed by atoms with van der Waals surface area (Å²) >= 11 is 5.97. The van der Waals surface area contributed by atoms with Gasteiger partial charge in [-0.15, -0.1) is 0 Å². The van der Waals surface area contributed by atoms with Crippen LogP contribution in [0.2, 0.25) is 5.15 Å². The van der Waals surface area contributed by atoms with Crippen LogP contribution in [0.3, 0.4) is 0 Å². The molecule has 4 aromatic rings. The number of benzene rings is 2. The van der Waals surface area contributed by atoms with Gasteiger partial charge in [0.05, 0.1) is 18.5 Å². The molecule has 0 radical (unpaired) electrons. The fraction of sp³-hybridized carbons (Fsp3) is 0.160. The molecule has 166 valence electrons. The lowest BCUT2D eigenvalue weighted by molar-refractivity contribution is 0.413. The summed E-state index contributed by atoms with van der Waals surface area (Å²) in [6, 6.07) is 16.2. The first-order valence-corrected chi connectivity index (χ1v) is 11.0. The van der Waals surface area contributed by atoms with E-state index in [1.54, 1.807) is 25.8 Å². The summed E-state index contributed by atoms with van der Waals surface area (Å²) in [4.78, 5) is 13.7. The van der Waals surface area contributed by atoms with Crippen LogP contribution in [0.4, 0.5) is 17.5 Å². The van der Waals surface area contributed by atoms with Crippen LogP contribution in [-0.4, -0.2) is 26.6 Å². The molecule has 1 aliphatic carbocycles. The summed E-state index contributed by atoms with van der Waals surface area (Å²) in [7, 11) is 1.63. The quantitative estimate of drug-likeness (QED) is 0.370.